The number of carbonyl (C=O) groups is 1. The lowest BCUT2D eigenvalue weighted by atomic mass is 10.1. The van der Waals surface area contributed by atoms with E-state index in [0.717, 1.165) is 37.4 Å². The number of rotatable bonds is 4. The predicted molar refractivity (Wildman–Crippen MR) is 79.9 cm³/mol. The molecule has 1 saturated heterocycles. The van der Waals surface area contributed by atoms with Crippen LogP contribution < -0.4 is 11.1 Å². The normalized spacial score (nSPS) is 17.5. The molecular weight excluding hydrogens is 266 g/mol. The fourth-order valence-corrected chi connectivity index (χ4v) is 2.70. The van der Waals surface area contributed by atoms with Crippen LogP contribution in [0.3, 0.4) is 0 Å². The SMILES string of the molecule is NC(=O)C(c1cnn(-c2ccccc2)c1)N1CCNCC1. The number of amides is 1. The summed E-state index contributed by atoms with van der Waals surface area (Å²) in [5, 5.41) is 7.63. The molecule has 0 bridgehead atoms. The van der Waals surface area contributed by atoms with E-state index in [1.807, 2.05) is 36.5 Å². The standard InChI is InChI=1S/C15H19N5O/c16-15(21)14(19-8-6-17-7-9-19)12-10-18-20(11-12)13-4-2-1-3-5-13/h1-5,10-11,14,17H,6-9H2,(H2,16,21). The summed E-state index contributed by atoms with van der Waals surface area (Å²) in [6.07, 6.45) is 3.61. The number of primary amides is 1. The summed E-state index contributed by atoms with van der Waals surface area (Å²) in [6.45, 7) is 3.36. The molecule has 1 aliphatic heterocycles. The second-order valence-electron chi connectivity index (χ2n) is 5.14. The molecule has 2 heterocycles. The van der Waals surface area contributed by atoms with Crippen LogP contribution in [0, 0.1) is 0 Å². The summed E-state index contributed by atoms with van der Waals surface area (Å²) >= 11 is 0. The van der Waals surface area contributed by atoms with Crippen molar-refractivity contribution in [2.24, 2.45) is 5.73 Å². The van der Waals surface area contributed by atoms with Gasteiger partial charge in [-0.1, -0.05) is 18.2 Å². The van der Waals surface area contributed by atoms with Gasteiger partial charge in [-0.2, -0.15) is 5.10 Å². The van der Waals surface area contributed by atoms with E-state index in [0.29, 0.717) is 0 Å². The molecule has 3 rings (SSSR count). The molecule has 2 aromatic rings. The molecule has 21 heavy (non-hydrogen) atoms. The molecule has 0 aliphatic carbocycles. The van der Waals surface area contributed by atoms with Crippen molar-refractivity contribution < 1.29 is 4.79 Å². The van der Waals surface area contributed by atoms with E-state index >= 15 is 0 Å². The van der Waals surface area contributed by atoms with Gasteiger partial charge in [-0.15, -0.1) is 0 Å². The highest BCUT2D eigenvalue weighted by Crippen LogP contribution is 2.21. The van der Waals surface area contributed by atoms with Crippen LogP contribution in [-0.2, 0) is 4.79 Å². The minimum atomic E-state index is -0.412. The molecule has 1 fully saturated rings. The van der Waals surface area contributed by atoms with E-state index in [-0.39, 0.29) is 5.91 Å². The van der Waals surface area contributed by atoms with Crippen molar-refractivity contribution in [2.45, 2.75) is 6.04 Å². The molecule has 1 amide bonds. The van der Waals surface area contributed by atoms with Gasteiger partial charge in [0.1, 0.15) is 6.04 Å². The first kappa shape index (κ1) is 13.8. The lowest BCUT2D eigenvalue weighted by Gasteiger charge is -2.32. The van der Waals surface area contributed by atoms with E-state index in [1.54, 1.807) is 10.9 Å². The van der Waals surface area contributed by atoms with Crippen molar-refractivity contribution in [3.63, 3.8) is 0 Å². The lowest BCUT2D eigenvalue weighted by Crippen LogP contribution is -2.48. The summed E-state index contributed by atoms with van der Waals surface area (Å²) in [7, 11) is 0. The Morgan fingerprint density at radius 1 is 1.24 bits per heavy atom. The van der Waals surface area contributed by atoms with Crippen LogP contribution in [0.2, 0.25) is 0 Å². The van der Waals surface area contributed by atoms with Gasteiger partial charge in [0.15, 0.2) is 0 Å². The summed E-state index contributed by atoms with van der Waals surface area (Å²) in [5.74, 6) is -0.329. The van der Waals surface area contributed by atoms with Gasteiger partial charge >= 0.3 is 0 Å². The summed E-state index contributed by atoms with van der Waals surface area (Å²) in [5.41, 5.74) is 7.42. The molecule has 110 valence electrons. The minimum absolute atomic E-state index is 0.329. The van der Waals surface area contributed by atoms with Crippen LogP contribution in [0.5, 0.6) is 0 Å². The van der Waals surface area contributed by atoms with Crippen LogP contribution in [0.15, 0.2) is 42.7 Å². The molecule has 1 aliphatic rings. The number of aromatic nitrogens is 2. The number of benzene rings is 1. The first-order chi connectivity index (χ1) is 10.3. The van der Waals surface area contributed by atoms with Crippen LogP contribution in [0.4, 0.5) is 0 Å². The maximum absolute atomic E-state index is 11.9. The number of hydrogen-bond acceptors (Lipinski definition) is 4. The Bertz CT molecular complexity index is 604. The van der Waals surface area contributed by atoms with E-state index in [1.165, 1.54) is 0 Å². The number of carbonyl (C=O) groups excluding carboxylic acids is 1. The van der Waals surface area contributed by atoms with Gasteiger partial charge in [0, 0.05) is 37.9 Å². The molecule has 1 aromatic carbocycles. The average molecular weight is 285 g/mol. The van der Waals surface area contributed by atoms with E-state index in [4.69, 9.17) is 5.73 Å². The maximum Gasteiger partial charge on any atom is 0.239 e. The minimum Gasteiger partial charge on any atom is -0.368 e. The molecule has 6 nitrogen and oxygen atoms in total. The number of hydrogen-bond donors (Lipinski definition) is 2. The zero-order valence-corrected chi connectivity index (χ0v) is 11.8. The Morgan fingerprint density at radius 3 is 2.62 bits per heavy atom. The summed E-state index contributed by atoms with van der Waals surface area (Å²) < 4.78 is 1.77. The second kappa shape index (κ2) is 6.07. The molecule has 0 spiro atoms. The van der Waals surface area contributed by atoms with Crippen molar-refractivity contribution >= 4 is 5.91 Å². The largest absolute Gasteiger partial charge is 0.368 e. The Labute approximate surface area is 123 Å². The first-order valence-corrected chi connectivity index (χ1v) is 7.10. The van der Waals surface area contributed by atoms with Gasteiger partial charge in [-0.25, -0.2) is 4.68 Å². The molecule has 3 N–H and O–H groups in total. The molecule has 6 heteroatoms. The highest BCUT2D eigenvalue weighted by atomic mass is 16.1. The molecule has 1 aromatic heterocycles. The van der Waals surface area contributed by atoms with Gasteiger partial charge in [-0.3, -0.25) is 9.69 Å². The Kier molecular flexibility index (Phi) is 3.98. The number of nitrogens with one attached hydrogen (secondary N) is 1. The molecule has 0 radical (unpaired) electrons. The Hall–Kier alpha value is -2.18. The van der Waals surface area contributed by atoms with Crippen molar-refractivity contribution in [1.82, 2.24) is 20.0 Å². The van der Waals surface area contributed by atoms with E-state index in [9.17, 15) is 4.79 Å². The van der Waals surface area contributed by atoms with Crippen molar-refractivity contribution in [3.05, 3.63) is 48.3 Å². The second-order valence-corrected chi connectivity index (χ2v) is 5.14. The third-order valence-electron chi connectivity index (χ3n) is 3.73. The molecule has 1 atom stereocenters. The molecular formula is C15H19N5O. The van der Waals surface area contributed by atoms with Crippen molar-refractivity contribution in [1.29, 1.82) is 0 Å². The van der Waals surface area contributed by atoms with Gasteiger partial charge < -0.3 is 11.1 Å². The highest BCUT2D eigenvalue weighted by molar-refractivity contribution is 5.81. The zero-order chi connectivity index (χ0) is 14.7. The van der Waals surface area contributed by atoms with Crippen LogP contribution in [0.25, 0.3) is 5.69 Å². The molecule has 0 saturated carbocycles. The molecule has 1 unspecified atom stereocenters. The lowest BCUT2D eigenvalue weighted by molar-refractivity contribution is -0.123. The smallest absolute Gasteiger partial charge is 0.239 e. The average Bonchev–Trinajstić information content (AvgIpc) is 2.98. The quantitative estimate of drug-likeness (QED) is 0.847. The van der Waals surface area contributed by atoms with Gasteiger partial charge in [-0.05, 0) is 12.1 Å². The van der Waals surface area contributed by atoms with Crippen molar-refractivity contribution in [3.8, 4) is 5.69 Å². The Balaban J connectivity index is 1.87. The summed E-state index contributed by atoms with van der Waals surface area (Å²) in [4.78, 5) is 14.0. The van der Waals surface area contributed by atoms with Crippen molar-refractivity contribution in [2.75, 3.05) is 26.2 Å². The zero-order valence-electron chi connectivity index (χ0n) is 11.8. The van der Waals surface area contributed by atoms with E-state index < -0.39 is 6.04 Å². The fraction of sp³-hybridized carbons (Fsp3) is 0.333. The number of nitrogens with zero attached hydrogens (tertiary/aromatic N) is 3. The Morgan fingerprint density at radius 2 is 1.95 bits per heavy atom. The monoisotopic (exact) mass is 285 g/mol. The van der Waals surface area contributed by atoms with Crippen LogP contribution in [0.1, 0.15) is 11.6 Å². The van der Waals surface area contributed by atoms with E-state index in [2.05, 4.69) is 15.3 Å². The third kappa shape index (κ3) is 2.96. The number of piperazine rings is 1. The van der Waals surface area contributed by atoms with Crippen LogP contribution in [-0.4, -0.2) is 46.8 Å². The van der Waals surface area contributed by atoms with Gasteiger partial charge in [0.2, 0.25) is 5.91 Å². The fourth-order valence-electron chi connectivity index (χ4n) is 2.70. The highest BCUT2D eigenvalue weighted by Gasteiger charge is 2.28. The van der Waals surface area contributed by atoms with Gasteiger partial charge in [0.25, 0.3) is 0 Å². The van der Waals surface area contributed by atoms with Crippen LogP contribution >= 0.6 is 0 Å². The topological polar surface area (TPSA) is 76.2 Å². The maximum atomic E-state index is 11.9. The first-order valence-electron chi connectivity index (χ1n) is 7.10. The number of nitrogens with two attached hydrogens (primary N) is 1. The third-order valence-corrected chi connectivity index (χ3v) is 3.73. The van der Waals surface area contributed by atoms with Gasteiger partial charge in [0.05, 0.1) is 11.9 Å². The number of para-hydroxylation sites is 1. The summed E-state index contributed by atoms with van der Waals surface area (Å²) in [6, 6.07) is 9.41. The predicted octanol–water partition coefficient (Wildman–Crippen LogP) is 0.304.